The number of nitrogens with one attached hydrogen (secondary N) is 1. The lowest BCUT2D eigenvalue weighted by Crippen LogP contribution is -2.42. The van der Waals surface area contributed by atoms with Gasteiger partial charge in [-0.25, -0.2) is 0 Å². The molecular weight excluding hydrogens is 258 g/mol. The molecule has 1 aromatic carbocycles. The monoisotopic (exact) mass is 277 g/mol. The van der Waals surface area contributed by atoms with Crippen LogP contribution in [0.1, 0.15) is 24.8 Å². The molecular formula is C15H19NO4. The molecule has 108 valence electrons. The summed E-state index contributed by atoms with van der Waals surface area (Å²) in [5.41, 5.74) is 1.06. The highest BCUT2D eigenvalue weighted by Crippen LogP contribution is 2.25. The lowest BCUT2D eigenvalue weighted by Gasteiger charge is -2.17. The molecule has 1 saturated carbocycles. The van der Waals surface area contributed by atoms with Crippen molar-refractivity contribution in [3.05, 3.63) is 29.8 Å². The van der Waals surface area contributed by atoms with Crippen LogP contribution < -0.4 is 10.1 Å². The van der Waals surface area contributed by atoms with Crippen LogP contribution in [0.3, 0.4) is 0 Å². The van der Waals surface area contributed by atoms with Crippen LogP contribution in [0.2, 0.25) is 0 Å². The second kappa shape index (κ2) is 6.41. The minimum absolute atomic E-state index is 0.0910. The molecule has 1 aromatic rings. The molecule has 0 saturated heterocycles. The van der Waals surface area contributed by atoms with Crippen molar-refractivity contribution >= 4 is 11.9 Å². The summed E-state index contributed by atoms with van der Waals surface area (Å²) in [6, 6.07) is 7.17. The van der Waals surface area contributed by atoms with Gasteiger partial charge in [0.2, 0.25) is 0 Å². The van der Waals surface area contributed by atoms with Crippen molar-refractivity contribution in [1.82, 2.24) is 5.32 Å². The molecule has 0 bridgehead atoms. The van der Waals surface area contributed by atoms with Gasteiger partial charge in [-0.15, -0.1) is 0 Å². The Morgan fingerprint density at radius 3 is 2.90 bits per heavy atom. The number of ether oxygens (including phenoxy) is 1. The highest BCUT2D eigenvalue weighted by atomic mass is 16.5. The maximum absolute atomic E-state index is 11.8. The number of carboxylic acids is 1. The predicted octanol–water partition coefficient (Wildman–Crippen LogP) is 1.74. The molecule has 2 atom stereocenters. The van der Waals surface area contributed by atoms with E-state index in [2.05, 4.69) is 5.32 Å². The average molecular weight is 277 g/mol. The Hall–Kier alpha value is -2.04. The van der Waals surface area contributed by atoms with Gasteiger partial charge >= 0.3 is 5.97 Å². The number of carboxylic acid groups (broad SMARTS) is 1. The topological polar surface area (TPSA) is 75.6 Å². The Morgan fingerprint density at radius 1 is 1.40 bits per heavy atom. The summed E-state index contributed by atoms with van der Waals surface area (Å²) in [5, 5.41) is 11.8. The molecule has 20 heavy (non-hydrogen) atoms. The van der Waals surface area contributed by atoms with Gasteiger partial charge in [0.05, 0.1) is 5.92 Å². The zero-order chi connectivity index (χ0) is 14.5. The van der Waals surface area contributed by atoms with Gasteiger partial charge in [0.25, 0.3) is 5.91 Å². The summed E-state index contributed by atoms with van der Waals surface area (Å²) in [5.74, 6) is -0.948. The maximum Gasteiger partial charge on any atom is 0.308 e. The maximum atomic E-state index is 11.8. The lowest BCUT2D eigenvalue weighted by molar-refractivity contribution is -0.142. The van der Waals surface area contributed by atoms with Gasteiger partial charge in [-0.1, -0.05) is 18.6 Å². The SMILES string of the molecule is Cc1cccc(OCC(=O)N[C@@H]2CCC[C@@H]2C(=O)O)c1. The third-order valence-electron chi connectivity index (χ3n) is 3.54. The largest absolute Gasteiger partial charge is 0.484 e. The zero-order valence-electron chi connectivity index (χ0n) is 11.5. The first-order valence-corrected chi connectivity index (χ1v) is 6.78. The predicted molar refractivity (Wildman–Crippen MR) is 73.6 cm³/mol. The van der Waals surface area contributed by atoms with Crippen LogP contribution in [0.4, 0.5) is 0 Å². The number of hydrogen-bond acceptors (Lipinski definition) is 3. The fourth-order valence-corrected chi connectivity index (χ4v) is 2.53. The van der Waals surface area contributed by atoms with Crippen molar-refractivity contribution in [3.63, 3.8) is 0 Å². The van der Waals surface area contributed by atoms with E-state index in [0.29, 0.717) is 18.6 Å². The van der Waals surface area contributed by atoms with Gasteiger partial charge in [0.1, 0.15) is 5.75 Å². The number of benzene rings is 1. The average Bonchev–Trinajstić information content (AvgIpc) is 2.85. The second-order valence-corrected chi connectivity index (χ2v) is 5.15. The Bertz CT molecular complexity index is 500. The van der Waals surface area contributed by atoms with E-state index in [-0.39, 0.29) is 18.6 Å². The molecule has 1 fully saturated rings. The minimum atomic E-state index is -0.840. The first-order valence-electron chi connectivity index (χ1n) is 6.78. The fourth-order valence-electron chi connectivity index (χ4n) is 2.53. The molecule has 0 spiro atoms. The van der Waals surface area contributed by atoms with Crippen molar-refractivity contribution in [2.24, 2.45) is 5.92 Å². The van der Waals surface area contributed by atoms with E-state index in [9.17, 15) is 9.59 Å². The number of aryl methyl sites for hydroxylation is 1. The fraction of sp³-hybridized carbons (Fsp3) is 0.467. The van der Waals surface area contributed by atoms with Crippen LogP contribution in [0.25, 0.3) is 0 Å². The van der Waals surface area contributed by atoms with E-state index < -0.39 is 11.9 Å². The first-order chi connectivity index (χ1) is 9.56. The summed E-state index contributed by atoms with van der Waals surface area (Å²) in [6.45, 7) is 1.86. The summed E-state index contributed by atoms with van der Waals surface area (Å²) in [4.78, 5) is 22.8. The molecule has 0 heterocycles. The molecule has 5 nitrogen and oxygen atoms in total. The molecule has 0 unspecified atom stereocenters. The van der Waals surface area contributed by atoms with E-state index in [1.165, 1.54) is 0 Å². The number of carbonyl (C=O) groups excluding carboxylic acids is 1. The van der Waals surface area contributed by atoms with Crippen LogP contribution in [-0.4, -0.2) is 29.6 Å². The molecule has 2 N–H and O–H groups in total. The Kier molecular flexibility index (Phi) is 4.61. The van der Waals surface area contributed by atoms with Crippen molar-refractivity contribution in [2.45, 2.75) is 32.2 Å². The minimum Gasteiger partial charge on any atom is -0.484 e. The van der Waals surface area contributed by atoms with Crippen LogP contribution in [0.5, 0.6) is 5.75 Å². The first kappa shape index (κ1) is 14.4. The molecule has 1 aliphatic carbocycles. The van der Waals surface area contributed by atoms with Crippen molar-refractivity contribution < 1.29 is 19.4 Å². The van der Waals surface area contributed by atoms with E-state index >= 15 is 0 Å². The number of carbonyl (C=O) groups is 2. The Morgan fingerprint density at radius 2 is 2.20 bits per heavy atom. The molecule has 0 aromatic heterocycles. The molecule has 0 radical (unpaired) electrons. The molecule has 0 aliphatic heterocycles. The van der Waals surface area contributed by atoms with E-state index in [4.69, 9.17) is 9.84 Å². The second-order valence-electron chi connectivity index (χ2n) is 5.15. The van der Waals surface area contributed by atoms with Crippen molar-refractivity contribution in [1.29, 1.82) is 0 Å². The van der Waals surface area contributed by atoms with Gasteiger partial charge < -0.3 is 15.2 Å². The summed E-state index contributed by atoms with van der Waals surface area (Å²) in [7, 11) is 0. The zero-order valence-corrected chi connectivity index (χ0v) is 11.5. The molecule has 1 aliphatic rings. The van der Waals surface area contributed by atoms with Crippen LogP contribution in [-0.2, 0) is 9.59 Å². The van der Waals surface area contributed by atoms with Gasteiger partial charge in [-0.2, -0.15) is 0 Å². The Balaban J connectivity index is 1.82. The van der Waals surface area contributed by atoms with Crippen LogP contribution >= 0.6 is 0 Å². The van der Waals surface area contributed by atoms with Gasteiger partial charge in [-0.3, -0.25) is 9.59 Å². The van der Waals surface area contributed by atoms with Gasteiger partial charge in [0, 0.05) is 6.04 Å². The van der Waals surface area contributed by atoms with E-state index in [0.717, 1.165) is 12.0 Å². The highest BCUT2D eigenvalue weighted by Gasteiger charge is 2.33. The third-order valence-corrected chi connectivity index (χ3v) is 3.54. The van der Waals surface area contributed by atoms with Crippen molar-refractivity contribution in [3.8, 4) is 5.75 Å². The standard InChI is InChI=1S/C15H19NO4/c1-10-4-2-5-11(8-10)20-9-14(17)16-13-7-3-6-12(13)15(18)19/h2,4-5,8,12-13H,3,6-7,9H2,1H3,(H,16,17)(H,18,19)/t12-,13+/m0/s1. The van der Waals surface area contributed by atoms with E-state index in [1.54, 1.807) is 6.07 Å². The van der Waals surface area contributed by atoms with E-state index in [1.807, 2.05) is 25.1 Å². The van der Waals surface area contributed by atoms with Crippen LogP contribution in [0, 0.1) is 12.8 Å². The smallest absolute Gasteiger partial charge is 0.308 e. The normalized spacial score (nSPS) is 21.4. The summed E-state index contributed by atoms with van der Waals surface area (Å²) >= 11 is 0. The third kappa shape index (κ3) is 3.73. The number of rotatable bonds is 5. The highest BCUT2D eigenvalue weighted by molar-refractivity contribution is 5.79. The summed E-state index contributed by atoms with van der Waals surface area (Å²) in [6.07, 6.45) is 2.17. The number of amides is 1. The van der Waals surface area contributed by atoms with Crippen LogP contribution in [0.15, 0.2) is 24.3 Å². The number of hydrogen-bond donors (Lipinski definition) is 2. The lowest BCUT2D eigenvalue weighted by atomic mass is 10.0. The van der Waals surface area contributed by atoms with Gasteiger partial charge in [0.15, 0.2) is 6.61 Å². The molecule has 5 heteroatoms. The molecule has 1 amide bonds. The number of aliphatic carboxylic acids is 1. The quantitative estimate of drug-likeness (QED) is 0.859. The summed E-state index contributed by atoms with van der Waals surface area (Å²) < 4.78 is 5.40. The Labute approximate surface area is 117 Å². The van der Waals surface area contributed by atoms with Gasteiger partial charge in [-0.05, 0) is 37.5 Å². The molecule has 2 rings (SSSR count). The van der Waals surface area contributed by atoms with Crippen molar-refractivity contribution in [2.75, 3.05) is 6.61 Å².